The van der Waals surface area contributed by atoms with Crippen molar-refractivity contribution in [2.75, 3.05) is 0 Å². The zero-order valence-electron chi connectivity index (χ0n) is 12.5. The number of pyridine rings is 1. The molecule has 0 bridgehead atoms. The summed E-state index contributed by atoms with van der Waals surface area (Å²) in [7, 11) is 0. The van der Waals surface area contributed by atoms with Gasteiger partial charge in [0.1, 0.15) is 0 Å². The Morgan fingerprint density at radius 3 is 2.54 bits per heavy atom. The van der Waals surface area contributed by atoms with E-state index in [1.807, 2.05) is 24.3 Å². The van der Waals surface area contributed by atoms with E-state index in [0.29, 0.717) is 32.9 Å². The van der Waals surface area contributed by atoms with Crippen LogP contribution in [0.5, 0.6) is 0 Å². The number of halogens is 2. The monoisotopic (exact) mass is 377 g/mol. The van der Waals surface area contributed by atoms with Crippen LogP contribution in [0.3, 0.4) is 0 Å². The van der Waals surface area contributed by atoms with Gasteiger partial charge in [0, 0.05) is 36.3 Å². The molecule has 0 atom stereocenters. The second-order valence-electron chi connectivity index (χ2n) is 5.11. The van der Waals surface area contributed by atoms with Crippen LogP contribution in [-0.2, 0) is 12.2 Å². The fraction of sp³-hybridized carbons (Fsp3) is 0.118. The summed E-state index contributed by atoms with van der Waals surface area (Å²) in [6.07, 6.45) is 5.57. The Kier molecular flexibility index (Phi) is 5.56. The predicted octanol–water partition coefficient (Wildman–Crippen LogP) is 4.35. The van der Waals surface area contributed by atoms with Gasteiger partial charge in [0.25, 0.3) is 5.56 Å². The Morgan fingerprint density at radius 2 is 1.83 bits per heavy atom. The Bertz CT molecular complexity index is 900. The van der Waals surface area contributed by atoms with E-state index in [0.717, 1.165) is 11.1 Å². The van der Waals surface area contributed by atoms with Gasteiger partial charge in [-0.25, -0.2) is 4.98 Å². The van der Waals surface area contributed by atoms with E-state index < -0.39 is 0 Å². The molecule has 122 valence electrons. The van der Waals surface area contributed by atoms with Crippen molar-refractivity contribution in [3.05, 3.63) is 86.0 Å². The summed E-state index contributed by atoms with van der Waals surface area (Å²) in [5.74, 6) is 0.642. The zero-order valence-corrected chi connectivity index (χ0v) is 14.8. The van der Waals surface area contributed by atoms with Gasteiger partial charge in [-0.1, -0.05) is 41.0 Å². The molecule has 24 heavy (non-hydrogen) atoms. The van der Waals surface area contributed by atoms with Crippen LogP contribution >= 0.6 is 35.0 Å². The van der Waals surface area contributed by atoms with Crippen molar-refractivity contribution in [2.45, 2.75) is 17.3 Å². The van der Waals surface area contributed by atoms with Crippen LogP contribution in [0.15, 0.2) is 58.9 Å². The first-order valence-corrected chi connectivity index (χ1v) is 8.90. The SMILES string of the molecule is O=c1[nH]c(SCc2ccc(Cl)c(Cl)c2)ncc1Cc1ccncc1. The van der Waals surface area contributed by atoms with Crippen molar-refractivity contribution < 1.29 is 0 Å². The molecule has 0 saturated carbocycles. The largest absolute Gasteiger partial charge is 0.301 e. The molecule has 0 saturated heterocycles. The Hall–Kier alpha value is -1.82. The van der Waals surface area contributed by atoms with Gasteiger partial charge >= 0.3 is 0 Å². The van der Waals surface area contributed by atoms with Gasteiger partial charge in [-0.15, -0.1) is 0 Å². The highest BCUT2D eigenvalue weighted by molar-refractivity contribution is 7.98. The number of thioether (sulfide) groups is 1. The van der Waals surface area contributed by atoms with Crippen molar-refractivity contribution >= 4 is 35.0 Å². The number of hydrogen-bond acceptors (Lipinski definition) is 4. The minimum Gasteiger partial charge on any atom is -0.301 e. The topological polar surface area (TPSA) is 58.6 Å². The highest BCUT2D eigenvalue weighted by Gasteiger charge is 2.06. The molecule has 0 amide bonds. The van der Waals surface area contributed by atoms with E-state index in [1.54, 1.807) is 24.7 Å². The van der Waals surface area contributed by atoms with Gasteiger partial charge in [-0.05, 0) is 35.4 Å². The van der Waals surface area contributed by atoms with Crippen LogP contribution in [0, 0.1) is 0 Å². The molecule has 0 aliphatic heterocycles. The van der Waals surface area contributed by atoms with E-state index >= 15 is 0 Å². The lowest BCUT2D eigenvalue weighted by molar-refractivity contribution is 0.899. The van der Waals surface area contributed by atoms with E-state index in [1.165, 1.54) is 11.8 Å². The summed E-state index contributed by atoms with van der Waals surface area (Å²) < 4.78 is 0. The van der Waals surface area contributed by atoms with Crippen LogP contribution in [0.1, 0.15) is 16.7 Å². The lowest BCUT2D eigenvalue weighted by atomic mass is 10.1. The van der Waals surface area contributed by atoms with Gasteiger partial charge < -0.3 is 4.98 Å². The molecule has 0 spiro atoms. The number of nitrogens with zero attached hydrogens (tertiary/aromatic N) is 2. The van der Waals surface area contributed by atoms with E-state index in [4.69, 9.17) is 23.2 Å². The van der Waals surface area contributed by atoms with Crippen LogP contribution < -0.4 is 5.56 Å². The standard InChI is InChI=1S/C17H13Cl2N3OS/c18-14-2-1-12(8-15(14)19)10-24-17-21-9-13(16(23)22-17)7-11-3-5-20-6-4-11/h1-6,8-9H,7,10H2,(H,21,22,23). The zero-order chi connectivity index (χ0) is 16.9. The van der Waals surface area contributed by atoms with Crippen molar-refractivity contribution in [1.29, 1.82) is 0 Å². The van der Waals surface area contributed by atoms with Crippen molar-refractivity contribution in [3.8, 4) is 0 Å². The third-order valence-electron chi connectivity index (χ3n) is 3.35. The molecule has 1 aromatic carbocycles. The van der Waals surface area contributed by atoms with Crippen molar-refractivity contribution in [1.82, 2.24) is 15.0 Å². The molecule has 2 heterocycles. The average molecular weight is 378 g/mol. The van der Waals surface area contributed by atoms with Crippen LogP contribution in [0.4, 0.5) is 0 Å². The molecule has 3 rings (SSSR count). The molecule has 2 aromatic heterocycles. The molecular formula is C17H13Cl2N3OS. The Balaban J connectivity index is 1.68. The molecule has 7 heteroatoms. The summed E-state index contributed by atoms with van der Waals surface area (Å²) in [5, 5.41) is 1.62. The highest BCUT2D eigenvalue weighted by Crippen LogP contribution is 2.26. The first-order chi connectivity index (χ1) is 11.6. The Labute approximate surface area is 153 Å². The lowest BCUT2D eigenvalue weighted by Gasteiger charge is -2.05. The fourth-order valence-corrected chi connectivity index (χ4v) is 3.20. The number of rotatable bonds is 5. The smallest absolute Gasteiger partial charge is 0.255 e. The molecule has 0 fully saturated rings. The first kappa shape index (κ1) is 17.0. The molecule has 4 nitrogen and oxygen atoms in total. The van der Waals surface area contributed by atoms with Crippen molar-refractivity contribution in [3.63, 3.8) is 0 Å². The second-order valence-corrected chi connectivity index (χ2v) is 6.89. The number of aromatic amines is 1. The third kappa shape index (κ3) is 4.38. The molecule has 3 aromatic rings. The summed E-state index contributed by atoms with van der Waals surface area (Å²) in [6, 6.07) is 9.23. The predicted molar refractivity (Wildman–Crippen MR) is 97.9 cm³/mol. The van der Waals surface area contributed by atoms with Gasteiger partial charge in [-0.3, -0.25) is 9.78 Å². The van der Waals surface area contributed by atoms with E-state index in [9.17, 15) is 4.79 Å². The molecule has 0 unspecified atom stereocenters. The van der Waals surface area contributed by atoms with Gasteiger partial charge in [0.15, 0.2) is 5.16 Å². The van der Waals surface area contributed by atoms with Crippen LogP contribution in [-0.4, -0.2) is 15.0 Å². The molecule has 0 radical (unpaired) electrons. The minimum atomic E-state index is -0.126. The van der Waals surface area contributed by atoms with E-state index in [2.05, 4.69) is 15.0 Å². The first-order valence-electron chi connectivity index (χ1n) is 7.15. The number of H-pyrrole nitrogens is 1. The van der Waals surface area contributed by atoms with Gasteiger partial charge in [0.2, 0.25) is 0 Å². The van der Waals surface area contributed by atoms with E-state index in [-0.39, 0.29) is 5.56 Å². The summed E-state index contributed by atoms with van der Waals surface area (Å²) in [5.41, 5.74) is 2.53. The summed E-state index contributed by atoms with van der Waals surface area (Å²) in [4.78, 5) is 23.3. The summed E-state index contributed by atoms with van der Waals surface area (Å²) >= 11 is 13.3. The highest BCUT2D eigenvalue weighted by atomic mass is 35.5. The van der Waals surface area contributed by atoms with Crippen LogP contribution in [0.2, 0.25) is 10.0 Å². The maximum Gasteiger partial charge on any atom is 0.255 e. The number of nitrogens with one attached hydrogen (secondary N) is 1. The molecule has 0 aliphatic carbocycles. The fourth-order valence-electron chi connectivity index (χ4n) is 2.11. The Morgan fingerprint density at radius 1 is 1.04 bits per heavy atom. The summed E-state index contributed by atoms with van der Waals surface area (Å²) in [6.45, 7) is 0. The number of hydrogen-bond donors (Lipinski definition) is 1. The maximum absolute atomic E-state index is 12.2. The number of aromatic nitrogens is 3. The lowest BCUT2D eigenvalue weighted by Crippen LogP contribution is -2.14. The van der Waals surface area contributed by atoms with Gasteiger partial charge in [0.05, 0.1) is 10.0 Å². The second kappa shape index (κ2) is 7.83. The molecule has 0 aliphatic rings. The maximum atomic E-state index is 12.2. The molecule has 1 N–H and O–H groups in total. The van der Waals surface area contributed by atoms with Crippen molar-refractivity contribution in [2.24, 2.45) is 0 Å². The number of benzene rings is 1. The third-order valence-corrected chi connectivity index (χ3v) is 5.05. The average Bonchev–Trinajstić information content (AvgIpc) is 2.59. The normalized spacial score (nSPS) is 10.8. The van der Waals surface area contributed by atoms with Gasteiger partial charge in [-0.2, -0.15) is 0 Å². The quantitative estimate of drug-likeness (QED) is 0.530. The van der Waals surface area contributed by atoms with Crippen LogP contribution in [0.25, 0.3) is 0 Å². The minimum absolute atomic E-state index is 0.126. The molecular weight excluding hydrogens is 365 g/mol.